The molecular formula is C20H19N3O3S2. The summed E-state index contributed by atoms with van der Waals surface area (Å²) in [5.74, 6) is 0.888. The second kappa shape index (κ2) is 8.28. The molecular weight excluding hydrogens is 394 g/mol. The van der Waals surface area contributed by atoms with E-state index in [2.05, 4.69) is 6.07 Å². The number of aromatic nitrogens is 1. The molecule has 1 saturated heterocycles. The van der Waals surface area contributed by atoms with Gasteiger partial charge < -0.3 is 4.90 Å². The smallest absolute Gasteiger partial charge is 0.269 e. The van der Waals surface area contributed by atoms with Crippen LogP contribution in [0.5, 0.6) is 0 Å². The summed E-state index contributed by atoms with van der Waals surface area (Å²) in [6.45, 7) is 1.50. The Morgan fingerprint density at radius 3 is 2.57 bits per heavy atom. The molecule has 0 saturated carbocycles. The molecule has 1 aliphatic rings. The zero-order valence-electron chi connectivity index (χ0n) is 15.1. The highest BCUT2D eigenvalue weighted by atomic mass is 32.2. The monoisotopic (exact) mass is 413 g/mol. The van der Waals surface area contributed by atoms with Crippen LogP contribution < -0.4 is 0 Å². The predicted molar refractivity (Wildman–Crippen MR) is 112 cm³/mol. The molecule has 8 heteroatoms. The topological polar surface area (TPSA) is 76.3 Å². The average Bonchev–Trinajstić information content (AvgIpc) is 3.16. The maximum Gasteiger partial charge on any atom is 0.269 e. The van der Waals surface area contributed by atoms with Crippen molar-refractivity contribution in [1.29, 1.82) is 0 Å². The molecule has 1 amide bonds. The van der Waals surface area contributed by atoms with Crippen molar-refractivity contribution in [2.24, 2.45) is 0 Å². The van der Waals surface area contributed by atoms with Gasteiger partial charge in [-0.1, -0.05) is 12.1 Å². The largest absolute Gasteiger partial charge is 0.342 e. The van der Waals surface area contributed by atoms with Crippen LogP contribution >= 0.6 is 23.1 Å². The number of para-hydroxylation sites is 1. The lowest BCUT2D eigenvalue weighted by molar-refractivity contribution is -0.384. The van der Waals surface area contributed by atoms with E-state index >= 15 is 0 Å². The number of nitro groups is 1. The Bertz CT molecular complexity index is 962. The molecule has 0 radical (unpaired) electrons. The average molecular weight is 414 g/mol. The molecule has 144 valence electrons. The molecule has 3 aromatic rings. The number of thioether (sulfide) groups is 1. The highest BCUT2D eigenvalue weighted by molar-refractivity contribution is 8.00. The first-order valence-corrected chi connectivity index (χ1v) is 10.9. The first-order chi connectivity index (χ1) is 13.6. The highest BCUT2D eigenvalue weighted by Gasteiger charge is 2.25. The zero-order chi connectivity index (χ0) is 19.5. The molecule has 0 spiro atoms. The second-order valence-electron chi connectivity index (χ2n) is 6.71. The van der Waals surface area contributed by atoms with E-state index in [9.17, 15) is 14.9 Å². The number of non-ortho nitro benzene ring substituents is 1. The quantitative estimate of drug-likeness (QED) is 0.344. The first-order valence-electron chi connectivity index (χ1n) is 9.10. The normalized spacial score (nSPS) is 15.1. The summed E-state index contributed by atoms with van der Waals surface area (Å²) in [4.78, 5) is 30.3. The maximum atomic E-state index is 12.5. The van der Waals surface area contributed by atoms with Crippen LogP contribution in [0.2, 0.25) is 0 Å². The molecule has 0 unspecified atom stereocenters. The minimum absolute atomic E-state index is 0.0626. The molecule has 0 N–H and O–H groups in total. The van der Waals surface area contributed by atoms with E-state index in [0.29, 0.717) is 11.7 Å². The molecule has 1 fully saturated rings. The van der Waals surface area contributed by atoms with Gasteiger partial charge in [-0.25, -0.2) is 4.98 Å². The number of benzene rings is 2. The molecule has 28 heavy (non-hydrogen) atoms. The number of nitro benzene ring substituents is 1. The van der Waals surface area contributed by atoms with Gasteiger partial charge in [-0.05, 0) is 37.1 Å². The van der Waals surface area contributed by atoms with Gasteiger partial charge in [0.2, 0.25) is 5.91 Å². The number of carbonyl (C=O) groups excluding carboxylic acids is 1. The summed E-state index contributed by atoms with van der Waals surface area (Å²) < 4.78 is 1.22. The number of carbonyl (C=O) groups is 1. The van der Waals surface area contributed by atoms with E-state index in [4.69, 9.17) is 4.98 Å². The van der Waals surface area contributed by atoms with Crippen LogP contribution in [0.4, 0.5) is 5.69 Å². The third-order valence-corrected chi connectivity index (χ3v) is 7.11. The van der Waals surface area contributed by atoms with Crippen molar-refractivity contribution in [3.8, 4) is 0 Å². The Kier molecular flexibility index (Phi) is 5.59. The second-order valence-corrected chi connectivity index (χ2v) is 8.83. The number of piperidine rings is 1. The predicted octanol–water partition coefficient (Wildman–Crippen LogP) is 4.70. The molecule has 6 nitrogen and oxygen atoms in total. The van der Waals surface area contributed by atoms with Crippen LogP contribution in [0.15, 0.2) is 53.4 Å². The SMILES string of the molecule is O=C(CSc1ccc([N+](=O)[O-])cc1)N1CCC(c2nc3ccccc3s2)CC1. The summed E-state index contributed by atoms with van der Waals surface area (Å²) in [7, 11) is 0. The van der Waals surface area contributed by atoms with Gasteiger partial charge in [0.25, 0.3) is 5.69 Å². The molecule has 0 atom stereocenters. The van der Waals surface area contributed by atoms with E-state index in [1.165, 1.54) is 33.6 Å². The summed E-state index contributed by atoms with van der Waals surface area (Å²) in [5.41, 5.74) is 1.12. The van der Waals surface area contributed by atoms with Crippen molar-refractivity contribution in [2.45, 2.75) is 23.7 Å². The van der Waals surface area contributed by atoms with Crippen LogP contribution in [0.1, 0.15) is 23.8 Å². The van der Waals surface area contributed by atoms with Crippen molar-refractivity contribution in [2.75, 3.05) is 18.8 Å². The van der Waals surface area contributed by atoms with E-state index in [1.54, 1.807) is 23.5 Å². The summed E-state index contributed by atoms with van der Waals surface area (Å²) in [6, 6.07) is 14.5. The molecule has 1 aromatic heterocycles. The Hall–Kier alpha value is -2.45. The number of thiazole rings is 1. The van der Waals surface area contributed by atoms with Gasteiger partial charge in [0, 0.05) is 36.0 Å². The van der Waals surface area contributed by atoms with Gasteiger partial charge in [0.15, 0.2) is 0 Å². The molecule has 0 aliphatic carbocycles. The number of nitrogens with zero attached hydrogens (tertiary/aromatic N) is 3. The van der Waals surface area contributed by atoms with Gasteiger partial charge in [-0.3, -0.25) is 14.9 Å². The minimum atomic E-state index is -0.421. The van der Waals surface area contributed by atoms with Gasteiger partial charge in [0.1, 0.15) is 0 Å². The van der Waals surface area contributed by atoms with Gasteiger partial charge in [0.05, 0.1) is 25.9 Å². The van der Waals surface area contributed by atoms with Crippen LogP contribution in [-0.2, 0) is 4.79 Å². The lowest BCUT2D eigenvalue weighted by atomic mass is 9.97. The Morgan fingerprint density at radius 1 is 1.18 bits per heavy atom. The van der Waals surface area contributed by atoms with Gasteiger partial charge in [-0.2, -0.15) is 0 Å². The minimum Gasteiger partial charge on any atom is -0.342 e. The Morgan fingerprint density at radius 2 is 1.89 bits per heavy atom. The Balaban J connectivity index is 1.29. The lowest BCUT2D eigenvalue weighted by Crippen LogP contribution is -2.38. The van der Waals surface area contributed by atoms with Crippen LogP contribution in [-0.4, -0.2) is 39.6 Å². The van der Waals surface area contributed by atoms with Gasteiger partial charge in [-0.15, -0.1) is 23.1 Å². The molecule has 4 rings (SSSR count). The fourth-order valence-electron chi connectivity index (χ4n) is 3.34. The number of hydrogen-bond donors (Lipinski definition) is 0. The standard InChI is InChI=1S/C20H19N3O3S2/c24-19(13-27-16-7-5-15(6-8-16)23(25)26)22-11-9-14(10-12-22)20-21-17-3-1-2-4-18(17)28-20/h1-8,14H,9-13H2. The van der Waals surface area contributed by atoms with E-state index in [0.717, 1.165) is 36.3 Å². The van der Waals surface area contributed by atoms with Crippen LogP contribution in [0, 0.1) is 10.1 Å². The molecule has 2 heterocycles. The summed E-state index contributed by atoms with van der Waals surface area (Å²) in [5, 5.41) is 11.9. The fraction of sp³-hybridized carbons (Fsp3) is 0.300. The number of likely N-dealkylation sites (tertiary alicyclic amines) is 1. The van der Waals surface area contributed by atoms with E-state index < -0.39 is 4.92 Å². The van der Waals surface area contributed by atoms with Crippen molar-refractivity contribution >= 4 is 44.9 Å². The number of rotatable bonds is 5. The van der Waals surface area contributed by atoms with Crippen molar-refractivity contribution < 1.29 is 9.72 Å². The number of hydrogen-bond acceptors (Lipinski definition) is 6. The van der Waals surface area contributed by atoms with Crippen molar-refractivity contribution in [3.63, 3.8) is 0 Å². The summed E-state index contributed by atoms with van der Waals surface area (Å²) in [6.07, 6.45) is 1.88. The highest BCUT2D eigenvalue weighted by Crippen LogP contribution is 2.34. The zero-order valence-corrected chi connectivity index (χ0v) is 16.7. The summed E-state index contributed by atoms with van der Waals surface area (Å²) >= 11 is 3.18. The number of fused-ring (bicyclic) bond motifs is 1. The maximum absolute atomic E-state index is 12.5. The van der Waals surface area contributed by atoms with Crippen LogP contribution in [0.3, 0.4) is 0 Å². The lowest BCUT2D eigenvalue weighted by Gasteiger charge is -2.31. The Labute approximate surface area is 170 Å². The van der Waals surface area contributed by atoms with Crippen molar-refractivity contribution in [3.05, 3.63) is 63.7 Å². The molecule has 1 aliphatic heterocycles. The van der Waals surface area contributed by atoms with Crippen molar-refractivity contribution in [1.82, 2.24) is 9.88 Å². The number of amides is 1. The van der Waals surface area contributed by atoms with Crippen LogP contribution in [0.25, 0.3) is 10.2 Å². The fourth-order valence-corrected chi connectivity index (χ4v) is 5.28. The third-order valence-electron chi connectivity index (χ3n) is 4.92. The third kappa shape index (κ3) is 4.18. The van der Waals surface area contributed by atoms with Gasteiger partial charge >= 0.3 is 0 Å². The van der Waals surface area contributed by atoms with E-state index in [1.807, 2.05) is 23.1 Å². The van der Waals surface area contributed by atoms with E-state index in [-0.39, 0.29) is 11.6 Å². The molecule has 0 bridgehead atoms. The first kappa shape index (κ1) is 18.9. The molecule has 2 aromatic carbocycles.